The van der Waals surface area contributed by atoms with Gasteiger partial charge in [0.2, 0.25) is 0 Å². The summed E-state index contributed by atoms with van der Waals surface area (Å²) in [7, 11) is 2.16. The topological polar surface area (TPSA) is 41.6 Å². The smallest absolute Gasteiger partial charge is 0.323 e. The number of esters is 1. The van der Waals surface area contributed by atoms with Crippen LogP contribution in [0.25, 0.3) is 0 Å². The van der Waals surface area contributed by atoms with Gasteiger partial charge < -0.3 is 15.0 Å². The zero-order valence-electron chi connectivity index (χ0n) is 12.5. The summed E-state index contributed by atoms with van der Waals surface area (Å²) in [5, 5.41) is 3.29. The van der Waals surface area contributed by atoms with Crippen molar-refractivity contribution < 1.29 is 9.53 Å². The SMILES string of the molecule is CC(NCC1CCCCN1C)C(=O)OC(C)(C)C. The normalized spacial score (nSPS) is 23.7. The Kier molecular flexibility index (Phi) is 5.60. The third-order valence-electron chi connectivity index (χ3n) is 3.34. The molecule has 1 saturated heterocycles. The number of hydrogen-bond donors (Lipinski definition) is 1. The average molecular weight is 256 g/mol. The molecule has 1 heterocycles. The Hall–Kier alpha value is -0.610. The minimum atomic E-state index is -0.408. The summed E-state index contributed by atoms with van der Waals surface area (Å²) in [6.07, 6.45) is 3.79. The van der Waals surface area contributed by atoms with Crippen molar-refractivity contribution >= 4 is 5.97 Å². The van der Waals surface area contributed by atoms with Crippen LogP contribution in [-0.2, 0) is 9.53 Å². The quantitative estimate of drug-likeness (QED) is 0.779. The highest BCUT2D eigenvalue weighted by molar-refractivity contribution is 5.75. The maximum Gasteiger partial charge on any atom is 0.323 e. The Labute approximate surface area is 111 Å². The monoisotopic (exact) mass is 256 g/mol. The van der Waals surface area contributed by atoms with E-state index in [2.05, 4.69) is 17.3 Å². The second kappa shape index (κ2) is 6.53. The molecule has 0 radical (unpaired) electrons. The van der Waals surface area contributed by atoms with Crippen molar-refractivity contribution in [1.82, 2.24) is 10.2 Å². The molecular weight excluding hydrogens is 228 g/mol. The molecule has 0 spiro atoms. The average Bonchev–Trinajstić information content (AvgIpc) is 2.25. The minimum absolute atomic E-state index is 0.166. The molecule has 1 aliphatic heterocycles. The first-order valence-electron chi connectivity index (χ1n) is 6.96. The largest absolute Gasteiger partial charge is 0.459 e. The number of rotatable bonds is 4. The predicted octanol–water partition coefficient (Wildman–Crippen LogP) is 1.79. The lowest BCUT2D eigenvalue weighted by molar-refractivity contribution is -0.157. The minimum Gasteiger partial charge on any atom is -0.459 e. The lowest BCUT2D eigenvalue weighted by Gasteiger charge is -2.33. The van der Waals surface area contributed by atoms with Gasteiger partial charge >= 0.3 is 5.97 Å². The number of hydrogen-bond acceptors (Lipinski definition) is 4. The zero-order chi connectivity index (χ0) is 13.8. The highest BCUT2D eigenvalue weighted by Crippen LogP contribution is 2.14. The highest BCUT2D eigenvalue weighted by atomic mass is 16.6. The van der Waals surface area contributed by atoms with Crippen molar-refractivity contribution in [3.05, 3.63) is 0 Å². The predicted molar refractivity (Wildman–Crippen MR) is 73.6 cm³/mol. The molecule has 0 aromatic carbocycles. The van der Waals surface area contributed by atoms with E-state index in [1.807, 2.05) is 27.7 Å². The standard InChI is InChI=1S/C14H28N2O2/c1-11(13(17)18-14(2,3)4)15-10-12-8-6-7-9-16(12)5/h11-12,15H,6-10H2,1-5H3. The fourth-order valence-corrected chi connectivity index (χ4v) is 2.19. The van der Waals surface area contributed by atoms with E-state index < -0.39 is 5.60 Å². The molecule has 0 bridgehead atoms. The van der Waals surface area contributed by atoms with Gasteiger partial charge in [-0.2, -0.15) is 0 Å². The first-order valence-corrected chi connectivity index (χ1v) is 6.96. The molecule has 4 heteroatoms. The summed E-state index contributed by atoms with van der Waals surface area (Å²) in [6, 6.07) is 0.309. The second-order valence-electron chi connectivity index (χ2n) is 6.29. The van der Waals surface area contributed by atoms with Crippen LogP contribution in [0.1, 0.15) is 47.0 Å². The molecule has 106 valence electrons. The van der Waals surface area contributed by atoms with E-state index in [0.717, 1.165) is 13.1 Å². The van der Waals surface area contributed by atoms with Gasteiger partial charge in [0.25, 0.3) is 0 Å². The van der Waals surface area contributed by atoms with E-state index in [0.29, 0.717) is 6.04 Å². The second-order valence-corrected chi connectivity index (χ2v) is 6.29. The highest BCUT2D eigenvalue weighted by Gasteiger charge is 2.24. The van der Waals surface area contributed by atoms with E-state index in [1.54, 1.807) is 0 Å². The Balaban J connectivity index is 2.31. The Bertz CT molecular complexity index is 273. The molecule has 1 rings (SSSR count). The summed E-state index contributed by atoms with van der Waals surface area (Å²) >= 11 is 0. The number of likely N-dealkylation sites (tertiary alicyclic amines) is 1. The molecule has 1 fully saturated rings. The Morgan fingerprint density at radius 2 is 2.11 bits per heavy atom. The molecule has 0 aromatic heterocycles. The van der Waals surface area contributed by atoms with Crippen molar-refractivity contribution in [2.24, 2.45) is 0 Å². The van der Waals surface area contributed by atoms with Crippen molar-refractivity contribution in [3.63, 3.8) is 0 Å². The van der Waals surface area contributed by atoms with Crippen LogP contribution < -0.4 is 5.32 Å². The van der Waals surface area contributed by atoms with Crippen molar-refractivity contribution in [2.75, 3.05) is 20.1 Å². The van der Waals surface area contributed by atoms with Gasteiger partial charge in [0, 0.05) is 12.6 Å². The van der Waals surface area contributed by atoms with Gasteiger partial charge in [0.05, 0.1) is 0 Å². The molecule has 18 heavy (non-hydrogen) atoms. The van der Waals surface area contributed by atoms with Gasteiger partial charge in [-0.15, -0.1) is 0 Å². The number of carbonyl (C=O) groups excluding carboxylic acids is 1. The zero-order valence-corrected chi connectivity index (χ0v) is 12.5. The molecule has 0 aliphatic carbocycles. The van der Waals surface area contributed by atoms with Crippen molar-refractivity contribution in [3.8, 4) is 0 Å². The van der Waals surface area contributed by atoms with Gasteiger partial charge in [-0.05, 0) is 54.1 Å². The molecule has 1 aliphatic rings. The van der Waals surface area contributed by atoms with Gasteiger partial charge in [0.15, 0.2) is 0 Å². The summed E-state index contributed by atoms with van der Waals surface area (Å²) in [4.78, 5) is 14.2. The van der Waals surface area contributed by atoms with Crippen LogP contribution in [0.5, 0.6) is 0 Å². The van der Waals surface area contributed by atoms with Crippen LogP contribution in [0.15, 0.2) is 0 Å². The maximum atomic E-state index is 11.8. The summed E-state index contributed by atoms with van der Waals surface area (Å²) in [6.45, 7) is 9.58. The Morgan fingerprint density at radius 3 is 2.67 bits per heavy atom. The first-order chi connectivity index (χ1) is 8.29. The third-order valence-corrected chi connectivity index (χ3v) is 3.34. The molecule has 0 saturated carbocycles. The number of piperidine rings is 1. The van der Waals surface area contributed by atoms with E-state index in [9.17, 15) is 4.79 Å². The van der Waals surface area contributed by atoms with Gasteiger partial charge in [-0.1, -0.05) is 6.42 Å². The number of nitrogens with zero attached hydrogens (tertiary/aromatic N) is 1. The summed E-state index contributed by atoms with van der Waals surface area (Å²) < 4.78 is 5.35. The molecule has 2 unspecified atom stereocenters. The van der Waals surface area contributed by atoms with Crippen LogP contribution in [0.2, 0.25) is 0 Å². The molecule has 0 amide bonds. The molecule has 0 aromatic rings. The lowest BCUT2D eigenvalue weighted by atomic mass is 10.0. The number of nitrogens with one attached hydrogen (secondary N) is 1. The summed E-state index contributed by atoms with van der Waals surface area (Å²) in [5.74, 6) is -0.166. The summed E-state index contributed by atoms with van der Waals surface area (Å²) in [5.41, 5.74) is -0.408. The Morgan fingerprint density at radius 1 is 1.44 bits per heavy atom. The molecule has 2 atom stereocenters. The van der Waals surface area contributed by atoms with Crippen LogP contribution in [0.4, 0.5) is 0 Å². The van der Waals surface area contributed by atoms with Crippen LogP contribution in [0, 0.1) is 0 Å². The molecular formula is C14H28N2O2. The maximum absolute atomic E-state index is 11.8. The van der Waals surface area contributed by atoms with Crippen LogP contribution in [-0.4, -0.2) is 48.7 Å². The van der Waals surface area contributed by atoms with E-state index in [-0.39, 0.29) is 12.0 Å². The number of ether oxygens (including phenoxy) is 1. The first kappa shape index (κ1) is 15.4. The third kappa shape index (κ3) is 5.36. The molecule has 4 nitrogen and oxygen atoms in total. The van der Waals surface area contributed by atoms with Gasteiger partial charge in [-0.25, -0.2) is 0 Å². The van der Waals surface area contributed by atoms with Gasteiger partial charge in [-0.3, -0.25) is 4.79 Å². The lowest BCUT2D eigenvalue weighted by Crippen LogP contribution is -2.48. The fourth-order valence-electron chi connectivity index (χ4n) is 2.19. The number of likely N-dealkylation sites (N-methyl/N-ethyl adjacent to an activating group) is 1. The van der Waals surface area contributed by atoms with Crippen LogP contribution >= 0.6 is 0 Å². The van der Waals surface area contributed by atoms with E-state index in [1.165, 1.54) is 19.3 Å². The van der Waals surface area contributed by atoms with E-state index in [4.69, 9.17) is 4.74 Å². The van der Waals surface area contributed by atoms with E-state index >= 15 is 0 Å². The van der Waals surface area contributed by atoms with Crippen molar-refractivity contribution in [2.45, 2.75) is 64.6 Å². The fraction of sp³-hybridized carbons (Fsp3) is 0.929. The van der Waals surface area contributed by atoms with Crippen LogP contribution in [0.3, 0.4) is 0 Å². The molecule has 1 N–H and O–H groups in total. The number of carbonyl (C=O) groups is 1. The van der Waals surface area contributed by atoms with Gasteiger partial charge in [0.1, 0.15) is 11.6 Å². The van der Waals surface area contributed by atoms with Crippen molar-refractivity contribution in [1.29, 1.82) is 0 Å².